The second-order valence-corrected chi connectivity index (χ2v) is 8.44. The molecule has 0 aliphatic rings. The zero-order chi connectivity index (χ0) is 22.6. The monoisotopic (exact) mass is 483 g/mol. The Morgan fingerprint density at radius 1 is 1.00 bits per heavy atom. The van der Waals surface area contributed by atoms with Crippen LogP contribution in [0.4, 0.5) is 0 Å². The van der Waals surface area contributed by atoms with Gasteiger partial charge in [0.05, 0.1) is 6.04 Å². The summed E-state index contributed by atoms with van der Waals surface area (Å²) in [7, 11) is 0. The molecular formula is C26H30BrNO3. The molecule has 1 N–H and O–H groups in total. The molecule has 0 saturated heterocycles. The summed E-state index contributed by atoms with van der Waals surface area (Å²) in [5, 5.41) is 9.37. The lowest BCUT2D eigenvalue weighted by atomic mass is 10.00. The third-order valence-corrected chi connectivity index (χ3v) is 5.69. The van der Waals surface area contributed by atoms with Gasteiger partial charge in [-0.3, -0.25) is 4.79 Å². The lowest BCUT2D eigenvalue weighted by molar-refractivity contribution is -0.157. The average Bonchev–Trinajstić information content (AvgIpc) is 2.77. The van der Waals surface area contributed by atoms with E-state index in [0.29, 0.717) is 6.42 Å². The number of nitrogens with zero attached hydrogens (tertiary/aromatic N) is 1. The van der Waals surface area contributed by atoms with Gasteiger partial charge in [-0.15, -0.1) is 0 Å². The maximum atomic E-state index is 12.5. The van der Waals surface area contributed by atoms with Gasteiger partial charge in [-0.1, -0.05) is 85.1 Å². The Hall–Kier alpha value is -2.58. The quantitative estimate of drug-likeness (QED) is 0.257. The number of carbonyl (C=O) groups is 2. The SMILES string of the molecule is CCCCCCC#Cc1ccc(C(CC)N(Cc2ccc(Br)cc2)C(=O)C(=O)O)cc1. The Labute approximate surface area is 193 Å². The van der Waals surface area contributed by atoms with E-state index >= 15 is 0 Å². The predicted molar refractivity (Wildman–Crippen MR) is 127 cm³/mol. The summed E-state index contributed by atoms with van der Waals surface area (Å²) in [6.45, 7) is 4.38. The highest BCUT2D eigenvalue weighted by Crippen LogP contribution is 2.27. The van der Waals surface area contributed by atoms with Crippen molar-refractivity contribution in [1.29, 1.82) is 0 Å². The summed E-state index contributed by atoms with van der Waals surface area (Å²) in [4.78, 5) is 25.4. The molecule has 0 aliphatic carbocycles. The first kappa shape index (κ1) is 24.7. The van der Waals surface area contributed by atoms with Crippen molar-refractivity contribution in [2.45, 2.75) is 65.0 Å². The first-order chi connectivity index (χ1) is 15.0. The van der Waals surface area contributed by atoms with Crippen LogP contribution in [-0.4, -0.2) is 21.9 Å². The van der Waals surface area contributed by atoms with Crippen LogP contribution in [0.2, 0.25) is 0 Å². The number of hydrogen-bond acceptors (Lipinski definition) is 2. The Morgan fingerprint density at radius 2 is 1.68 bits per heavy atom. The van der Waals surface area contributed by atoms with E-state index in [1.165, 1.54) is 24.2 Å². The van der Waals surface area contributed by atoms with Gasteiger partial charge in [0.2, 0.25) is 0 Å². The summed E-state index contributed by atoms with van der Waals surface area (Å²) in [5.41, 5.74) is 2.71. The summed E-state index contributed by atoms with van der Waals surface area (Å²) in [6.07, 6.45) is 6.32. The van der Waals surface area contributed by atoms with Crippen molar-refractivity contribution in [3.05, 3.63) is 69.7 Å². The number of halogens is 1. The molecule has 5 heteroatoms. The van der Waals surface area contributed by atoms with Gasteiger partial charge in [0, 0.05) is 23.0 Å². The Bertz CT molecular complexity index is 910. The Balaban J connectivity index is 2.17. The van der Waals surface area contributed by atoms with Gasteiger partial charge in [-0.2, -0.15) is 0 Å². The molecule has 4 nitrogen and oxygen atoms in total. The minimum absolute atomic E-state index is 0.232. The normalized spacial score (nSPS) is 11.3. The molecule has 2 aromatic carbocycles. The van der Waals surface area contributed by atoms with Crippen LogP contribution in [0.3, 0.4) is 0 Å². The predicted octanol–water partition coefficient (Wildman–Crippen LogP) is 6.34. The maximum absolute atomic E-state index is 12.5. The van der Waals surface area contributed by atoms with Crippen molar-refractivity contribution in [1.82, 2.24) is 4.90 Å². The van der Waals surface area contributed by atoms with Gasteiger partial charge in [0.1, 0.15) is 0 Å². The van der Waals surface area contributed by atoms with E-state index < -0.39 is 11.9 Å². The molecule has 31 heavy (non-hydrogen) atoms. The first-order valence-corrected chi connectivity index (χ1v) is 11.6. The fourth-order valence-corrected chi connectivity index (χ4v) is 3.73. The van der Waals surface area contributed by atoms with Gasteiger partial charge in [-0.05, 0) is 48.2 Å². The molecule has 0 heterocycles. The van der Waals surface area contributed by atoms with E-state index in [9.17, 15) is 14.7 Å². The lowest BCUT2D eigenvalue weighted by Crippen LogP contribution is -2.38. The highest BCUT2D eigenvalue weighted by atomic mass is 79.9. The number of carboxylic acid groups (broad SMARTS) is 1. The molecule has 0 aromatic heterocycles. The van der Waals surface area contributed by atoms with Gasteiger partial charge in [-0.25, -0.2) is 4.79 Å². The molecule has 0 fully saturated rings. The van der Waals surface area contributed by atoms with Crippen molar-refractivity contribution in [2.75, 3.05) is 0 Å². The summed E-state index contributed by atoms with van der Waals surface area (Å²) < 4.78 is 0.932. The lowest BCUT2D eigenvalue weighted by Gasteiger charge is -2.30. The van der Waals surface area contributed by atoms with E-state index in [2.05, 4.69) is 34.7 Å². The summed E-state index contributed by atoms with van der Waals surface area (Å²) in [6, 6.07) is 15.0. The topological polar surface area (TPSA) is 57.6 Å². The van der Waals surface area contributed by atoms with Gasteiger partial charge in [0.25, 0.3) is 0 Å². The number of hydrogen-bond donors (Lipinski definition) is 1. The zero-order valence-electron chi connectivity index (χ0n) is 18.2. The van der Waals surface area contributed by atoms with Crippen LogP contribution in [0.1, 0.15) is 75.1 Å². The van der Waals surface area contributed by atoms with E-state index in [4.69, 9.17) is 0 Å². The van der Waals surface area contributed by atoms with E-state index in [1.807, 2.05) is 55.5 Å². The maximum Gasteiger partial charge on any atom is 0.394 e. The number of carbonyl (C=O) groups excluding carboxylic acids is 1. The minimum atomic E-state index is -1.44. The molecular weight excluding hydrogens is 454 g/mol. The minimum Gasteiger partial charge on any atom is -0.474 e. The van der Waals surface area contributed by atoms with Crippen LogP contribution in [0.15, 0.2) is 53.0 Å². The molecule has 1 unspecified atom stereocenters. The van der Waals surface area contributed by atoms with Gasteiger partial charge >= 0.3 is 11.9 Å². The van der Waals surface area contributed by atoms with Crippen molar-refractivity contribution in [3.8, 4) is 11.8 Å². The van der Waals surface area contributed by atoms with E-state index in [0.717, 1.165) is 34.0 Å². The molecule has 1 atom stereocenters. The van der Waals surface area contributed by atoms with Crippen LogP contribution in [0, 0.1) is 11.8 Å². The van der Waals surface area contributed by atoms with Crippen LogP contribution in [-0.2, 0) is 16.1 Å². The number of aliphatic carboxylic acids is 1. The third-order valence-electron chi connectivity index (χ3n) is 5.16. The van der Waals surface area contributed by atoms with Crippen molar-refractivity contribution >= 4 is 27.8 Å². The van der Waals surface area contributed by atoms with Crippen LogP contribution in [0.5, 0.6) is 0 Å². The van der Waals surface area contributed by atoms with Crippen LogP contribution >= 0.6 is 15.9 Å². The number of rotatable bonds is 9. The van der Waals surface area contributed by atoms with Gasteiger partial charge in [0.15, 0.2) is 0 Å². The molecule has 2 aromatic rings. The largest absolute Gasteiger partial charge is 0.474 e. The molecule has 0 aliphatic heterocycles. The first-order valence-electron chi connectivity index (χ1n) is 10.8. The fourth-order valence-electron chi connectivity index (χ4n) is 3.46. The van der Waals surface area contributed by atoms with Crippen molar-refractivity contribution in [3.63, 3.8) is 0 Å². The second-order valence-electron chi connectivity index (χ2n) is 7.52. The number of unbranched alkanes of at least 4 members (excludes halogenated alkanes) is 4. The number of carboxylic acids is 1. The average molecular weight is 484 g/mol. The second kappa shape index (κ2) is 13.0. The molecule has 0 saturated carbocycles. The third kappa shape index (κ3) is 7.88. The summed E-state index contributed by atoms with van der Waals surface area (Å²) >= 11 is 3.40. The smallest absolute Gasteiger partial charge is 0.394 e. The van der Waals surface area contributed by atoms with E-state index in [1.54, 1.807) is 0 Å². The van der Waals surface area contributed by atoms with Crippen molar-refractivity contribution in [2.24, 2.45) is 0 Å². The molecule has 0 bridgehead atoms. The highest BCUT2D eigenvalue weighted by molar-refractivity contribution is 9.10. The molecule has 0 spiro atoms. The molecule has 164 valence electrons. The molecule has 0 radical (unpaired) electrons. The number of benzene rings is 2. The number of amides is 1. The van der Waals surface area contributed by atoms with Crippen molar-refractivity contribution < 1.29 is 14.7 Å². The Morgan fingerprint density at radius 3 is 2.26 bits per heavy atom. The zero-order valence-corrected chi connectivity index (χ0v) is 19.8. The van der Waals surface area contributed by atoms with E-state index in [-0.39, 0.29) is 12.6 Å². The molecule has 1 amide bonds. The van der Waals surface area contributed by atoms with Gasteiger partial charge < -0.3 is 10.0 Å². The molecule has 2 rings (SSSR count). The van der Waals surface area contributed by atoms with Crippen LogP contribution < -0.4 is 0 Å². The standard InChI is InChI=1S/C26H30BrNO3/c1-3-5-6-7-8-9-10-20-11-15-22(16-12-20)24(4-2)28(25(29)26(30)31)19-21-13-17-23(27)18-14-21/h11-18,24H,3-8,19H2,1-2H3,(H,30,31). The summed E-state index contributed by atoms with van der Waals surface area (Å²) in [5.74, 6) is 4.07. The van der Waals surface area contributed by atoms with Crippen LogP contribution in [0.25, 0.3) is 0 Å². The highest BCUT2D eigenvalue weighted by Gasteiger charge is 2.28. The fraction of sp³-hybridized carbons (Fsp3) is 0.385. The Kier molecular flexibility index (Phi) is 10.3.